The first-order chi connectivity index (χ1) is 8.19. The molecule has 0 spiro atoms. The first kappa shape index (κ1) is 13.0. The van der Waals surface area contributed by atoms with Crippen molar-refractivity contribution in [3.05, 3.63) is 16.1 Å². The van der Waals surface area contributed by atoms with Gasteiger partial charge in [-0.2, -0.15) is 0 Å². The van der Waals surface area contributed by atoms with Gasteiger partial charge in [-0.1, -0.05) is 6.92 Å². The van der Waals surface area contributed by atoms with Gasteiger partial charge < -0.3 is 10.6 Å². The highest BCUT2D eigenvalue weighted by Gasteiger charge is 2.22. The van der Waals surface area contributed by atoms with Crippen molar-refractivity contribution in [2.24, 2.45) is 5.73 Å². The standard InChI is InChI=1S/C13H23N3S/c1-3-16-6-4-11(5-7-16)13-15-9-12(17-13)8-10(2)14/h9-11H,3-8,14H2,1-2H3. The average Bonchev–Trinajstić information content (AvgIpc) is 2.77. The molecule has 96 valence electrons. The van der Waals surface area contributed by atoms with E-state index in [1.165, 1.54) is 42.4 Å². The Morgan fingerprint density at radius 1 is 1.53 bits per heavy atom. The van der Waals surface area contributed by atoms with E-state index >= 15 is 0 Å². The van der Waals surface area contributed by atoms with E-state index in [-0.39, 0.29) is 6.04 Å². The highest BCUT2D eigenvalue weighted by atomic mass is 32.1. The number of likely N-dealkylation sites (tertiary alicyclic amines) is 1. The first-order valence-corrected chi connectivity index (χ1v) is 7.43. The Kier molecular flexibility index (Phi) is 4.54. The largest absolute Gasteiger partial charge is 0.328 e. The van der Waals surface area contributed by atoms with E-state index in [4.69, 9.17) is 5.73 Å². The fourth-order valence-electron chi connectivity index (χ4n) is 2.42. The molecule has 1 aromatic heterocycles. The lowest BCUT2D eigenvalue weighted by Crippen LogP contribution is -2.32. The summed E-state index contributed by atoms with van der Waals surface area (Å²) in [4.78, 5) is 8.45. The minimum Gasteiger partial charge on any atom is -0.328 e. The van der Waals surface area contributed by atoms with Crippen LogP contribution in [0.4, 0.5) is 0 Å². The summed E-state index contributed by atoms with van der Waals surface area (Å²) in [6.45, 7) is 7.93. The summed E-state index contributed by atoms with van der Waals surface area (Å²) in [5.41, 5.74) is 5.82. The summed E-state index contributed by atoms with van der Waals surface area (Å²) in [6.07, 6.45) is 5.51. The Bertz CT molecular complexity index is 340. The number of nitrogens with two attached hydrogens (primary N) is 1. The summed E-state index contributed by atoms with van der Waals surface area (Å²) in [7, 11) is 0. The van der Waals surface area contributed by atoms with Crippen LogP contribution in [0.25, 0.3) is 0 Å². The number of hydrogen-bond acceptors (Lipinski definition) is 4. The number of rotatable bonds is 4. The van der Waals surface area contributed by atoms with Gasteiger partial charge in [-0.3, -0.25) is 0 Å². The Morgan fingerprint density at radius 3 is 2.82 bits per heavy atom. The summed E-state index contributed by atoms with van der Waals surface area (Å²) in [5, 5.41) is 1.33. The normalized spacial score (nSPS) is 20.6. The molecule has 1 aliphatic heterocycles. The summed E-state index contributed by atoms with van der Waals surface area (Å²) >= 11 is 1.87. The molecule has 1 unspecified atom stereocenters. The Labute approximate surface area is 108 Å². The maximum atomic E-state index is 5.82. The van der Waals surface area contributed by atoms with Crippen LogP contribution < -0.4 is 5.73 Å². The van der Waals surface area contributed by atoms with Gasteiger partial charge >= 0.3 is 0 Å². The Hall–Kier alpha value is -0.450. The second-order valence-electron chi connectivity index (χ2n) is 5.05. The van der Waals surface area contributed by atoms with Crippen LogP contribution in [0.2, 0.25) is 0 Å². The summed E-state index contributed by atoms with van der Waals surface area (Å²) in [5.74, 6) is 0.685. The van der Waals surface area contributed by atoms with Gasteiger partial charge in [-0.15, -0.1) is 11.3 Å². The topological polar surface area (TPSA) is 42.2 Å². The molecule has 17 heavy (non-hydrogen) atoms. The van der Waals surface area contributed by atoms with Crippen molar-refractivity contribution >= 4 is 11.3 Å². The van der Waals surface area contributed by atoms with Gasteiger partial charge in [0.25, 0.3) is 0 Å². The highest BCUT2D eigenvalue weighted by molar-refractivity contribution is 7.11. The second-order valence-corrected chi connectivity index (χ2v) is 6.20. The van der Waals surface area contributed by atoms with Crippen molar-refractivity contribution < 1.29 is 0 Å². The minimum atomic E-state index is 0.241. The molecule has 2 rings (SSSR count). The van der Waals surface area contributed by atoms with Gasteiger partial charge in [0.05, 0.1) is 5.01 Å². The van der Waals surface area contributed by atoms with E-state index in [1.54, 1.807) is 0 Å². The Balaban J connectivity index is 1.92. The van der Waals surface area contributed by atoms with Crippen LogP contribution in [-0.4, -0.2) is 35.6 Å². The second kappa shape index (κ2) is 5.94. The van der Waals surface area contributed by atoms with Gasteiger partial charge in [0.1, 0.15) is 0 Å². The monoisotopic (exact) mass is 253 g/mol. The zero-order chi connectivity index (χ0) is 12.3. The van der Waals surface area contributed by atoms with Crippen molar-refractivity contribution in [2.75, 3.05) is 19.6 Å². The van der Waals surface area contributed by atoms with E-state index in [2.05, 4.69) is 23.7 Å². The molecule has 0 aromatic carbocycles. The quantitative estimate of drug-likeness (QED) is 0.895. The third-order valence-electron chi connectivity index (χ3n) is 3.48. The van der Waals surface area contributed by atoms with Crippen molar-refractivity contribution in [1.82, 2.24) is 9.88 Å². The molecule has 4 heteroatoms. The van der Waals surface area contributed by atoms with E-state index in [0.29, 0.717) is 5.92 Å². The van der Waals surface area contributed by atoms with E-state index in [9.17, 15) is 0 Å². The molecule has 0 radical (unpaired) electrons. The molecule has 2 N–H and O–H groups in total. The third kappa shape index (κ3) is 3.50. The number of piperidine rings is 1. The molecule has 1 fully saturated rings. The van der Waals surface area contributed by atoms with Crippen LogP contribution in [-0.2, 0) is 6.42 Å². The average molecular weight is 253 g/mol. The zero-order valence-corrected chi connectivity index (χ0v) is 11.7. The van der Waals surface area contributed by atoms with Crippen LogP contribution in [0.5, 0.6) is 0 Å². The van der Waals surface area contributed by atoms with E-state index in [1.807, 2.05) is 17.5 Å². The van der Waals surface area contributed by atoms with Crippen molar-refractivity contribution in [3.8, 4) is 0 Å². The van der Waals surface area contributed by atoms with Crippen molar-refractivity contribution in [1.29, 1.82) is 0 Å². The Morgan fingerprint density at radius 2 is 2.24 bits per heavy atom. The van der Waals surface area contributed by atoms with Crippen LogP contribution in [0, 0.1) is 0 Å². The van der Waals surface area contributed by atoms with Crippen LogP contribution in [0.15, 0.2) is 6.20 Å². The summed E-state index contributed by atoms with van der Waals surface area (Å²) in [6, 6.07) is 0.241. The molecule has 0 saturated carbocycles. The first-order valence-electron chi connectivity index (χ1n) is 6.61. The van der Waals surface area contributed by atoms with Crippen LogP contribution in [0.1, 0.15) is 42.5 Å². The van der Waals surface area contributed by atoms with E-state index < -0.39 is 0 Å². The molecular formula is C13H23N3S. The number of hydrogen-bond donors (Lipinski definition) is 1. The maximum Gasteiger partial charge on any atom is 0.0959 e. The molecule has 0 aliphatic carbocycles. The number of nitrogens with zero attached hydrogens (tertiary/aromatic N) is 2. The molecule has 1 saturated heterocycles. The lowest BCUT2D eigenvalue weighted by Gasteiger charge is -2.29. The van der Waals surface area contributed by atoms with Gasteiger partial charge in [0, 0.05) is 23.0 Å². The van der Waals surface area contributed by atoms with E-state index in [0.717, 1.165) is 6.42 Å². The molecular weight excluding hydrogens is 230 g/mol. The maximum absolute atomic E-state index is 5.82. The third-order valence-corrected chi connectivity index (χ3v) is 4.66. The fraction of sp³-hybridized carbons (Fsp3) is 0.769. The number of aromatic nitrogens is 1. The molecule has 3 nitrogen and oxygen atoms in total. The van der Waals surface area contributed by atoms with Crippen LogP contribution >= 0.6 is 11.3 Å². The predicted octanol–water partition coefficient (Wildman–Crippen LogP) is 2.23. The summed E-state index contributed by atoms with van der Waals surface area (Å²) < 4.78 is 0. The van der Waals surface area contributed by atoms with Gasteiger partial charge in [0.15, 0.2) is 0 Å². The molecule has 0 amide bonds. The smallest absolute Gasteiger partial charge is 0.0959 e. The SMILES string of the molecule is CCN1CCC(c2ncc(CC(C)N)s2)CC1. The molecule has 1 atom stereocenters. The zero-order valence-electron chi connectivity index (χ0n) is 10.9. The number of thiazole rings is 1. The van der Waals surface area contributed by atoms with Crippen molar-refractivity contribution in [3.63, 3.8) is 0 Å². The van der Waals surface area contributed by atoms with Gasteiger partial charge in [-0.25, -0.2) is 4.98 Å². The van der Waals surface area contributed by atoms with Gasteiger partial charge in [0.2, 0.25) is 0 Å². The molecule has 0 bridgehead atoms. The predicted molar refractivity (Wildman–Crippen MR) is 73.6 cm³/mol. The highest BCUT2D eigenvalue weighted by Crippen LogP contribution is 2.31. The fourth-order valence-corrected chi connectivity index (χ4v) is 3.65. The minimum absolute atomic E-state index is 0.241. The van der Waals surface area contributed by atoms with Gasteiger partial charge in [-0.05, 0) is 45.8 Å². The van der Waals surface area contributed by atoms with Crippen LogP contribution in [0.3, 0.4) is 0 Å². The molecule has 1 aliphatic rings. The molecule has 1 aromatic rings. The molecule has 2 heterocycles. The lowest BCUT2D eigenvalue weighted by atomic mass is 9.98. The van der Waals surface area contributed by atoms with Crippen molar-refractivity contribution in [2.45, 2.75) is 45.1 Å². The lowest BCUT2D eigenvalue weighted by molar-refractivity contribution is 0.222.